The Kier molecular flexibility index (Phi) is 8.92. The number of methoxy groups -OCH3 is 2. The summed E-state index contributed by atoms with van der Waals surface area (Å²) in [6, 6.07) is 22.6. The van der Waals surface area contributed by atoms with Crippen LogP contribution >= 0.6 is 0 Å². The Morgan fingerprint density at radius 3 is 2.16 bits per heavy atom. The van der Waals surface area contributed by atoms with Crippen LogP contribution in [0.15, 0.2) is 66.7 Å². The van der Waals surface area contributed by atoms with Crippen molar-refractivity contribution >= 4 is 27.5 Å². The van der Waals surface area contributed by atoms with E-state index in [1.165, 1.54) is 16.3 Å². The SMILES string of the molecule is CCOCCOCCOC.COc1ccc(-n2c3ccccc3c3cc(N)ccc32)cc1. The third-order valence-electron chi connectivity index (χ3n) is 5.04. The number of nitrogens with two attached hydrogens (primary N) is 1. The number of ether oxygens (including phenoxy) is 4. The first-order valence-electron chi connectivity index (χ1n) is 10.8. The average molecular weight is 437 g/mol. The molecule has 0 saturated heterocycles. The smallest absolute Gasteiger partial charge is 0.119 e. The van der Waals surface area contributed by atoms with Crippen molar-refractivity contribution < 1.29 is 18.9 Å². The number of nitrogens with zero attached hydrogens (tertiary/aromatic N) is 1. The van der Waals surface area contributed by atoms with Crippen LogP contribution in [0.4, 0.5) is 5.69 Å². The molecule has 0 bridgehead atoms. The molecule has 0 aliphatic rings. The average Bonchev–Trinajstić information content (AvgIpc) is 3.15. The van der Waals surface area contributed by atoms with Gasteiger partial charge in [0.2, 0.25) is 0 Å². The first-order chi connectivity index (χ1) is 15.7. The summed E-state index contributed by atoms with van der Waals surface area (Å²) < 4.78 is 22.5. The summed E-state index contributed by atoms with van der Waals surface area (Å²) in [5.41, 5.74) is 10.2. The van der Waals surface area contributed by atoms with Gasteiger partial charge in [0.1, 0.15) is 5.75 Å². The molecule has 6 nitrogen and oxygen atoms in total. The van der Waals surface area contributed by atoms with Gasteiger partial charge in [0.25, 0.3) is 0 Å². The predicted octanol–water partition coefficient (Wildman–Crippen LogP) is 5.06. The van der Waals surface area contributed by atoms with E-state index < -0.39 is 0 Å². The highest BCUT2D eigenvalue weighted by molar-refractivity contribution is 6.10. The molecule has 0 fully saturated rings. The van der Waals surface area contributed by atoms with Gasteiger partial charge in [-0.2, -0.15) is 0 Å². The number of benzene rings is 3. The predicted molar refractivity (Wildman–Crippen MR) is 131 cm³/mol. The monoisotopic (exact) mass is 436 g/mol. The number of para-hydroxylation sites is 1. The Morgan fingerprint density at radius 2 is 1.44 bits per heavy atom. The van der Waals surface area contributed by atoms with Gasteiger partial charge in [0, 0.05) is 35.9 Å². The van der Waals surface area contributed by atoms with Crippen molar-refractivity contribution in [2.24, 2.45) is 0 Å². The number of hydrogen-bond acceptors (Lipinski definition) is 5. The topological polar surface area (TPSA) is 67.9 Å². The van der Waals surface area contributed by atoms with Crippen LogP contribution in [0, 0.1) is 0 Å². The maximum absolute atomic E-state index is 5.97. The fourth-order valence-electron chi connectivity index (χ4n) is 3.51. The summed E-state index contributed by atoms with van der Waals surface area (Å²) in [6.45, 7) is 5.38. The van der Waals surface area contributed by atoms with Crippen LogP contribution in [0.3, 0.4) is 0 Å². The molecule has 0 aliphatic carbocycles. The lowest BCUT2D eigenvalue weighted by Gasteiger charge is -2.08. The molecule has 170 valence electrons. The van der Waals surface area contributed by atoms with E-state index in [1.54, 1.807) is 14.2 Å². The summed E-state index contributed by atoms with van der Waals surface area (Å²) in [5.74, 6) is 0.855. The van der Waals surface area contributed by atoms with Gasteiger partial charge in [-0.1, -0.05) is 18.2 Å². The summed E-state index contributed by atoms with van der Waals surface area (Å²) in [5, 5.41) is 2.38. The highest BCUT2D eigenvalue weighted by atomic mass is 16.5. The van der Waals surface area contributed by atoms with E-state index in [2.05, 4.69) is 47.0 Å². The van der Waals surface area contributed by atoms with Crippen molar-refractivity contribution in [1.82, 2.24) is 4.57 Å². The minimum Gasteiger partial charge on any atom is -0.497 e. The van der Waals surface area contributed by atoms with Crippen LogP contribution in [-0.2, 0) is 14.2 Å². The van der Waals surface area contributed by atoms with Gasteiger partial charge in [0.05, 0.1) is 44.6 Å². The number of hydrogen-bond donors (Lipinski definition) is 1. The van der Waals surface area contributed by atoms with E-state index in [0.717, 1.165) is 29.2 Å². The Labute approximate surface area is 189 Å². The quantitative estimate of drug-likeness (QED) is 0.293. The van der Waals surface area contributed by atoms with Crippen molar-refractivity contribution in [3.8, 4) is 11.4 Å². The largest absolute Gasteiger partial charge is 0.497 e. The molecule has 3 aromatic carbocycles. The highest BCUT2D eigenvalue weighted by Crippen LogP contribution is 2.33. The van der Waals surface area contributed by atoms with E-state index in [0.29, 0.717) is 26.4 Å². The van der Waals surface area contributed by atoms with E-state index in [4.69, 9.17) is 24.7 Å². The first-order valence-corrected chi connectivity index (χ1v) is 10.8. The Bertz CT molecular complexity index is 1100. The molecule has 0 aliphatic heterocycles. The Hall–Kier alpha value is -3.06. The van der Waals surface area contributed by atoms with E-state index >= 15 is 0 Å². The number of nitrogen functional groups attached to an aromatic ring is 1. The molecule has 0 atom stereocenters. The molecule has 1 heterocycles. The van der Waals surface area contributed by atoms with Crippen LogP contribution in [0.25, 0.3) is 27.5 Å². The van der Waals surface area contributed by atoms with Crippen molar-refractivity contribution in [3.05, 3.63) is 66.7 Å². The van der Waals surface area contributed by atoms with Crippen molar-refractivity contribution in [3.63, 3.8) is 0 Å². The molecular formula is C26H32N2O4. The van der Waals surface area contributed by atoms with Crippen LogP contribution in [0.2, 0.25) is 0 Å². The van der Waals surface area contributed by atoms with Crippen molar-refractivity contribution in [1.29, 1.82) is 0 Å². The molecule has 4 aromatic rings. The van der Waals surface area contributed by atoms with Gasteiger partial charge in [-0.15, -0.1) is 0 Å². The first kappa shape index (κ1) is 23.6. The number of rotatable bonds is 9. The zero-order chi connectivity index (χ0) is 22.8. The zero-order valence-electron chi connectivity index (χ0n) is 19.0. The van der Waals surface area contributed by atoms with E-state index in [9.17, 15) is 0 Å². The van der Waals surface area contributed by atoms with Crippen LogP contribution in [0.1, 0.15) is 6.92 Å². The second kappa shape index (κ2) is 12.1. The molecule has 0 radical (unpaired) electrons. The van der Waals surface area contributed by atoms with Crippen LogP contribution < -0.4 is 10.5 Å². The normalized spacial score (nSPS) is 10.8. The minimum atomic E-state index is 0.656. The van der Waals surface area contributed by atoms with Gasteiger partial charge < -0.3 is 29.2 Å². The van der Waals surface area contributed by atoms with Gasteiger partial charge >= 0.3 is 0 Å². The molecule has 4 rings (SSSR count). The number of anilines is 1. The molecular weight excluding hydrogens is 404 g/mol. The summed E-state index contributed by atoms with van der Waals surface area (Å²) in [4.78, 5) is 0. The molecule has 0 unspecified atom stereocenters. The number of aromatic nitrogens is 1. The highest BCUT2D eigenvalue weighted by Gasteiger charge is 2.11. The number of fused-ring (bicyclic) bond motifs is 3. The maximum atomic E-state index is 5.97. The Morgan fingerprint density at radius 1 is 0.750 bits per heavy atom. The molecule has 0 amide bonds. The van der Waals surface area contributed by atoms with Gasteiger partial charge in [-0.05, 0) is 55.5 Å². The van der Waals surface area contributed by atoms with E-state index in [1.807, 2.05) is 31.2 Å². The van der Waals surface area contributed by atoms with Crippen molar-refractivity contribution in [2.75, 3.05) is 53.0 Å². The molecule has 32 heavy (non-hydrogen) atoms. The lowest BCUT2D eigenvalue weighted by atomic mass is 10.1. The standard InChI is InChI=1S/C19H16N2O.C7H16O3/c1-22-15-9-7-14(8-10-15)21-18-5-3-2-4-16(18)17-12-13(20)6-11-19(17)21;1-3-9-6-7-10-5-4-8-2/h2-12H,20H2,1H3;3-7H2,1-2H3. The Balaban J connectivity index is 0.000000247. The second-order valence-corrected chi connectivity index (χ2v) is 7.13. The van der Waals surface area contributed by atoms with Gasteiger partial charge in [-0.25, -0.2) is 0 Å². The van der Waals surface area contributed by atoms with Crippen LogP contribution in [-0.4, -0.2) is 51.8 Å². The maximum Gasteiger partial charge on any atom is 0.119 e. The molecule has 0 spiro atoms. The molecule has 6 heteroatoms. The fourth-order valence-corrected chi connectivity index (χ4v) is 3.51. The molecule has 2 N–H and O–H groups in total. The van der Waals surface area contributed by atoms with Gasteiger partial charge in [0.15, 0.2) is 0 Å². The second-order valence-electron chi connectivity index (χ2n) is 7.13. The summed E-state index contributed by atoms with van der Waals surface area (Å²) in [6.07, 6.45) is 0. The van der Waals surface area contributed by atoms with Crippen molar-refractivity contribution in [2.45, 2.75) is 6.92 Å². The summed E-state index contributed by atoms with van der Waals surface area (Å²) in [7, 11) is 3.34. The lowest BCUT2D eigenvalue weighted by Crippen LogP contribution is -2.07. The summed E-state index contributed by atoms with van der Waals surface area (Å²) >= 11 is 0. The zero-order valence-corrected chi connectivity index (χ0v) is 19.0. The third-order valence-corrected chi connectivity index (χ3v) is 5.04. The lowest BCUT2D eigenvalue weighted by molar-refractivity contribution is 0.0280. The fraction of sp³-hybridized carbons (Fsp3) is 0.308. The minimum absolute atomic E-state index is 0.656. The van der Waals surface area contributed by atoms with Crippen LogP contribution in [0.5, 0.6) is 5.75 Å². The van der Waals surface area contributed by atoms with E-state index in [-0.39, 0.29) is 0 Å². The third kappa shape index (κ3) is 5.79. The molecule has 0 saturated carbocycles. The van der Waals surface area contributed by atoms with Gasteiger partial charge in [-0.3, -0.25) is 0 Å². The molecule has 1 aromatic heterocycles.